The summed E-state index contributed by atoms with van der Waals surface area (Å²) in [5.74, 6) is -1.18. The number of rotatable bonds is 2. The second kappa shape index (κ2) is 3.38. The van der Waals surface area contributed by atoms with E-state index >= 15 is 0 Å². The number of ether oxygens (including phenoxy) is 1. The molecule has 0 aliphatic carbocycles. The molecule has 5 heteroatoms. The maximum atomic E-state index is 13.6. The molecule has 0 radical (unpaired) electrons. The number of methoxy groups -OCH3 is 1. The van der Waals surface area contributed by atoms with Gasteiger partial charge in [-0.3, -0.25) is 0 Å². The van der Waals surface area contributed by atoms with E-state index in [0.717, 1.165) is 14.0 Å². The Kier molecular flexibility index (Phi) is 2.61. The Morgan fingerprint density at radius 2 is 2.31 bits per heavy atom. The molecule has 1 unspecified atom stereocenters. The molecule has 13 heavy (non-hydrogen) atoms. The zero-order chi connectivity index (χ0) is 10.1. The SMILES string of the molecule is COC(=O)C(C)(F)c1ccc(Cl)o1. The number of furan rings is 1. The van der Waals surface area contributed by atoms with Crippen molar-refractivity contribution >= 4 is 17.6 Å². The number of carbonyl (C=O) groups excluding carboxylic acids is 1. The predicted octanol–water partition coefficient (Wildman–Crippen LogP) is 2.29. The largest absolute Gasteiger partial charge is 0.466 e. The lowest BCUT2D eigenvalue weighted by Crippen LogP contribution is -2.28. The van der Waals surface area contributed by atoms with Crippen LogP contribution in [0.25, 0.3) is 0 Å². The molecule has 0 bridgehead atoms. The van der Waals surface area contributed by atoms with Crippen LogP contribution in [-0.4, -0.2) is 13.1 Å². The molecular weight excluding hydrogens is 199 g/mol. The highest BCUT2D eigenvalue weighted by Crippen LogP contribution is 2.29. The van der Waals surface area contributed by atoms with Crippen LogP contribution in [0, 0.1) is 0 Å². The first kappa shape index (κ1) is 10.1. The second-order valence-corrected chi connectivity index (χ2v) is 2.97. The lowest BCUT2D eigenvalue weighted by Gasteiger charge is -2.13. The number of esters is 1. The monoisotopic (exact) mass is 206 g/mol. The van der Waals surface area contributed by atoms with Crippen molar-refractivity contribution in [3.05, 3.63) is 23.1 Å². The van der Waals surface area contributed by atoms with Crippen LogP contribution in [0.15, 0.2) is 16.5 Å². The Morgan fingerprint density at radius 1 is 1.69 bits per heavy atom. The van der Waals surface area contributed by atoms with Crippen molar-refractivity contribution in [2.24, 2.45) is 0 Å². The fourth-order valence-electron chi connectivity index (χ4n) is 0.859. The quantitative estimate of drug-likeness (QED) is 0.697. The molecule has 1 rings (SSSR count). The van der Waals surface area contributed by atoms with Crippen molar-refractivity contribution in [1.82, 2.24) is 0 Å². The number of hydrogen-bond donors (Lipinski definition) is 0. The third kappa shape index (κ3) is 1.83. The summed E-state index contributed by atoms with van der Waals surface area (Å²) in [5.41, 5.74) is -2.29. The van der Waals surface area contributed by atoms with Crippen LogP contribution < -0.4 is 0 Å². The highest BCUT2D eigenvalue weighted by Gasteiger charge is 2.39. The summed E-state index contributed by atoms with van der Waals surface area (Å²) in [6, 6.07) is 2.65. The maximum Gasteiger partial charge on any atom is 0.351 e. The highest BCUT2D eigenvalue weighted by molar-refractivity contribution is 6.28. The lowest BCUT2D eigenvalue weighted by atomic mass is 10.1. The molecule has 0 aliphatic heterocycles. The predicted molar refractivity (Wildman–Crippen MR) is 44.2 cm³/mol. The van der Waals surface area contributed by atoms with Crippen molar-refractivity contribution in [1.29, 1.82) is 0 Å². The molecule has 1 aromatic heterocycles. The van der Waals surface area contributed by atoms with Crippen molar-refractivity contribution in [3.8, 4) is 0 Å². The van der Waals surface area contributed by atoms with E-state index in [1.165, 1.54) is 12.1 Å². The number of halogens is 2. The fourth-order valence-corrected chi connectivity index (χ4v) is 1.00. The number of carbonyl (C=O) groups is 1. The minimum Gasteiger partial charge on any atom is -0.466 e. The van der Waals surface area contributed by atoms with E-state index in [1.807, 2.05) is 0 Å². The van der Waals surface area contributed by atoms with Gasteiger partial charge in [-0.25, -0.2) is 9.18 Å². The van der Waals surface area contributed by atoms with Gasteiger partial charge >= 0.3 is 5.97 Å². The summed E-state index contributed by atoms with van der Waals surface area (Å²) >= 11 is 5.43. The summed E-state index contributed by atoms with van der Waals surface area (Å²) in [6.07, 6.45) is 0. The molecule has 0 saturated heterocycles. The van der Waals surface area contributed by atoms with Crippen molar-refractivity contribution in [2.75, 3.05) is 7.11 Å². The number of alkyl halides is 1. The third-order valence-electron chi connectivity index (χ3n) is 1.60. The van der Waals surface area contributed by atoms with Crippen LogP contribution in [0.5, 0.6) is 0 Å². The topological polar surface area (TPSA) is 39.4 Å². The van der Waals surface area contributed by atoms with Crippen LogP contribution in [0.2, 0.25) is 5.22 Å². The zero-order valence-corrected chi connectivity index (χ0v) is 7.89. The summed E-state index contributed by atoms with van der Waals surface area (Å²) in [5, 5.41) is 0.0304. The molecule has 1 heterocycles. The molecule has 72 valence electrons. The van der Waals surface area contributed by atoms with Gasteiger partial charge in [0.05, 0.1) is 7.11 Å². The van der Waals surface area contributed by atoms with Gasteiger partial charge in [-0.1, -0.05) is 0 Å². The Morgan fingerprint density at radius 3 is 2.69 bits per heavy atom. The van der Waals surface area contributed by atoms with Crippen LogP contribution in [-0.2, 0) is 15.2 Å². The van der Waals surface area contributed by atoms with E-state index in [0.29, 0.717) is 0 Å². The van der Waals surface area contributed by atoms with E-state index in [-0.39, 0.29) is 11.0 Å². The molecule has 0 N–H and O–H groups in total. The third-order valence-corrected chi connectivity index (χ3v) is 1.81. The molecule has 0 spiro atoms. The molecular formula is C8H8ClFO3. The van der Waals surface area contributed by atoms with Crippen LogP contribution in [0.4, 0.5) is 4.39 Å². The average Bonchev–Trinajstić information content (AvgIpc) is 2.50. The van der Waals surface area contributed by atoms with Gasteiger partial charge in [0.2, 0.25) is 0 Å². The zero-order valence-electron chi connectivity index (χ0n) is 7.14. The average molecular weight is 207 g/mol. The molecule has 0 fully saturated rings. The van der Waals surface area contributed by atoms with Crippen molar-refractivity contribution < 1.29 is 18.3 Å². The molecule has 1 aromatic rings. The van der Waals surface area contributed by atoms with Gasteiger partial charge in [0.1, 0.15) is 0 Å². The Bertz CT molecular complexity index is 319. The second-order valence-electron chi connectivity index (χ2n) is 2.60. The van der Waals surface area contributed by atoms with Crippen LogP contribution in [0.3, 0.4) is 0 Å². The van der Waals surface area contributed by atoms with Crippen LogP contribution >= 0.6 is 11.6 Å². The van der Waals surface area contributed by atoms with Crippen molar-refractivity contribution in [3.63, 3.8) is 0 Å². The van der Waals surface area contributed by atoms with Gasteiger partial charge in [0, 0.05) is 0 Å². The first-order valence-corrected chi connectivity index (χ1v) is 3.89. The maximum absolute atomic E-state index is 13.6. The van der Waals surface area contributed by atoms with Gasteiger partial charge in [-0.15, -0.1) is 0 Å². The molecule has 0 aromatic carbocycles. The van der Waals surface area contributed by atoms with E-state index in [9.17, 15) is 9.18 Å². The fraction of sp³-hybridized carbons (Fsp3) is 0.375. The Balaban J connectivity index is 2.99. The van der Waals surface area contributed by atoms with E-state index < -0.39 is 11.6 Å². The van der Waals surface area contributed by atoms with Gasteiger partial charge in [-0.2, -0.15) is 0 Å². The van der Waals surface area contributed by atoms with Crippen molar-refractivity contribution in [2.45, 2.75) is 12.6 Å². The molecule has 0 aliphatic rings. The number of hydrogen-bond acceptors (Lipinski definition) is 3. The highest BCUT2D eigenvalue weighted by atomic mass is 35.5. The Labute approximate surface area is 79.4 Å². The van der Waals surface area contributed by atoms with E-state index in [1.54, 1.807) is 0 Å². The first-order valence-electron chi connectivity index (χ1n) is 3.51. The normalized spacial score (nSPS) is 15.1. The van der Waals surface area contributed by atoms with Gasteiger partial charge in [0.25, 0.3) is 5.67 Å². The summed E-state index contributed by atoms with van der Waals surface area (Å²) < 4.78 is 22.6. The van der Waals surface area contributed by atoms with Gasteiger partial charge in [-0.05, 0) is 30.7 Å². The van der Waals surface area contributed by atoms with E-state index in [2.05, 4.69) is 4.74 Å². The van der Waals surface area contributed by atoms with E-state index in [4.69, 9.17) is 16.0 Å². The van der Waals surface area contributed by atoms with Gasteiger partial charge in [0.15, 0.2) is 11.0 Å². The summed E-state index contributed by atoms with van der Waals surface area (Å²) in [6.45, 7) is 1.05. The molecule has 0 amide bonds. The minimum absolute atomic E-state index is 0.0304. The molecule has 3 nitrogen and oxygen atoms in total. The first-order chi connectivity index (χ1) is 5.98. The summed E-state index contributed by atoms with van der Waals surface area (Å²) in [4.78, 5) is 10.9. The minimum atomic E-state index is -2.29. The molecule has 1 atom stereocenters. The van der Waals surface area contributed by atoms with Gasteiger partial charge < -0.3 is 9.15 Å². The lowest BCUT2D eigenvalue weighted by molar-refractivity contribution is -0.155. The van der Waals surface area contributed by atoms with Crippen LogP contribution in [0.1, 0.15) is 12.7 Å². The Hall–Kier alpha value is -1.03. The summed E-state index contributed by atoms with van der Waals surface area (Å²) in [7, 11) is 1.10. The smallest absolute Gasteiger partial charge is 0.351 e. The molecule has 0 saturated carbocycles. The standard InChI is InChI=1S/C8H8ClFO3/c1-8(10,7(11)12-2)5-3-4-6(9)13-5/h3-4H,1-2H3.